The summed E-state index contributed by atoms with van der Waals surface area (Å²) in [5, 5.41) is 1.07. The van der Waals surface area contributed by atoms with Crippen molar-refractivity contribution >= 4 is 23.2 Å². The van der Waals surface area contributed by atoms with Gasteiger partial charge in [0.2, 0.25) is 0 Å². The van der Waals surface area contributed by atoms with E-state index in [4.69, 9.17) is 0 Å². The molecule has 0 N–H and O–H groups in total. The second-order valence-electron chi connectivity index (χ2n) is 1.24. The zero-order valence-electron chi connectivity index (χ0n) is 4.52. The van der Waals surface area contributed by atoms with Gasteiger partial charge in [-0.1, -0.05) is 28.8 Å². The molecule has 0 aliphatic heterocycles. The fraction of sp³-hybridized carbons (Fsp3) is 0.600. The van der Waals surface area contributed by atoms with E-state index < -0.39 is 0 Å². The van der Waals surface area contributed by atoms with E-state index in [1.165, 1.54) is 0 Å². The van der Waals surface area contributed by atoms with Crippen LogP contribution < -0.4 is 0 Å². The lowest BCUT2D eigenvalue weighted by molar-refractivity contribution is 1.27. The molecular weight excluding hydrogens is 151 g/mol. The van der Waals surface area contributed by atoms with Crippen molar-refractivity contribution < 1.29 is 0 Å². The van der Waals surface area contributed by atoms with Gasteiger partial charge in [0.15, 0.2) is 0 Å². The standard InChI is InChI=1S/C5H9BBr/c1-6-4-2-3-5-7/h2,4H,3,5H2,1H3/b4-2+. The molecule has 0 nitrogen and oxygen atoms in total. The molecule has 0 rings (SSSR count). The molecule has 0 spiro atoms. The largest absolute Gasteiger partial charge is 0.137 e. The summed E-state index contributed by atoms with van der Waals surface area (Å²) in [4.78, 5) is 0. The normalized spacial score (nSPS) is 10.0. The molecule has 0 saturated carbocycles. The number of halogens is 1. The third-order valence-corrected chi connectivity index (χ3v) is 1.06. The maximum Gasteiger partial charge on any atom is 0.137 e. The van der Waals surface area contributed by atoms with Crippen LogP contribution in [-0.4, -0.2) is 12.6 Å². The molecule has 0 aromatic heterocycles. The summed E-state index contributed by atoms with van der Waals surface area (Å²) >= 11 is 3.31. The molecule has 0 atom stereocenters. The van der Waals surface area contributed by atoms with Crippen molar-refractivity contribution in [2.75, 3.05) is 5.33 Å². The first kappa shape index (κ1) is 7.28. The van der Waals surface area contributed by atoms with Crippen LogP contribution >= 0.6 is 15.9 Å². The Morgan fingerprint density at radius 1 is 1.71 bits per heavy atom. The molecule has 0 heterocycles. The van der Waals surface area contributed by atoms with Crippen molar-refractivity contribution in [1.82, 2.24) is 0 Å². The van der Waals surface area contributed by atoms with E-state index in [1.54, 1.807) is 0 Å². The number of alkyl halides is 1. The Kier molecular flexibility index (Phi) is 6.54. The maximum absolute atomic E-state index is 3.31. The molecular formula is C5H9BBr. The first-order chi connectivity index (χ1) is 3.41. The predicted octanol–water partition coefficient (Wildman–Crippen LogP) is 2.04. The van der Waals surface area contributed by atoms with Gasteiger partial charge in [-0.2, -0.15) is 0 Å². The highest BCUT2D eigenvalue weighted by Gasteiger charge is 1.70. The smallest absolute Gasteiger partial charge is 0.127 e. The van der Waals surface area contributed by atoms with Gasteiger partial charge >= 0.3 is 0 Å². The highest BCUT2D eigenvalue weighted by Crippen LogP contribution is 1.87. The van der Waals surface area contributed by atoms with E-state index in [0.29, 0.717) is 0 Å². The van der Waals surface area contributed by atoms with Crippen molar-refractivity contribution in [2.24, 2.45) is 0 Å². The van der Waals surface area contributed by atoms with Crippen molar-refractivity contribution in [3.63, 3.8) is 0 Å². The van der Waals surface area contributed by atoms with Crippen LogP contribution in [0.25, 0.3) is 0 Å². The van der Waals surface area contributed by atoms with Gasteiger partial charge in [-0.25, -0.2) is 0 Å². The van der Waals surface area contributed by atoms with Crippen LogP contribution in [0.15, 0.2) is 12.1 Å². The molecule has 0 fully saturated rings. The van der Waals surface area contributed by atoms with Gasteiger partial charge in [-0.05, 0) is 6.42 Å². The lowest BCUT2D eigenvalue weighted by Gasteiger charge is -1.77. The van der Waals surface area contributed by atoms with Gasteiger partial charge in [0, 0.05) is 5.33 Å². The molecule has 0 aromatic rings. The Bertz CT molecular complexity index is 52.0. The summed E-state index contributed by atoms with van der Waals surface area (Å²) in [6.07, 6.45) is 3.26. The third-order valence-electron chi connectivity index (χ3n) is 0.604. The number of hydrogen-bond acceptors (Lipinski definition) is 0. The van der Waals surface area contributed by atoms with Gasteiger partial charge in [0.1, 0.15) is 7.28 Å². The minimum Gasteiger partial charge on any atom is -0.127 e. The summed E-state index contributed by atoms with van der Waals surface area (Å²) < 4.78 is 0. The molecule has 0 aliphatic carbocycles. The number of hydrogen-bond donors (Lipinski definition) is 0. The van der Waals surface area contributed by atoms with Crippen LogP contribution in [0.5, 0.6) is 0 Å². The van der Waals surface area contributed by atoms with Crippen molar-refractivity contribution in [3.05, 3.63) is 12.1 Å². The second kappa shape index (κ2) is 6.28. The Labute approximate surface area is 54.4 Å². The molecule has 0 unspecified atom stereocenters. The summed E-state index contributed by atoms with van der Waals surface area (Å²) in [5.41, 5.74) is 0. The Morgan fingerprint density at radius 3 is 2.86 bits per heavy atom. The van der Waals surface area contributed by atoms with Crippen LogP contribution in [-0.2, 0) is 0 Å². The van der Waals surface area contributed by atoms with E-state index in [9.17, 15) is 0 Å². The molecule has 39 valence electrons. The first-order valence-corrected chi connectivity index (χ1v) is 3.54. The Hall–Kier alpha value is 0.285. The van der Waals surface area contributed by atoms with Gasteiger partial charge in [-0.3, -0.25) is 0 Å². The van der Waals surface area contributed by atoms with Gasteiger partial charge in [0.05, 0.1) is 0 Å². The maximum atomic E-state index is 3.31. The first-order valence-electron chi connectivity index (χ1n) is 2.42. The van der Waals surface area contributed by atoms with E-state index in [1.807, 2.05) is 14.1 Å². The third kappa shape index (κ3) is 6.28. The summed E-state index contributed by atoms with van der Waals surface area (Å²) in [6, 6.07) is 0. The number of rotatable bonds is 3. The Morgan fingerprint density at radius 2 is 2.43 bits per heavy atom. The molecule has 7 heavy (non-hydrogen) atoms. The quantitative estimate of drug-likeness (QED) is 0.437. The van der Waals surface area contributed by atoms with Crippen LogP contribution in [0.4, 0.5) is 0 Å². The zero-order valence-corrected chi connectivity index (χ0v) is 6.11. The molecule has 0 aliphatic rings. The van der Waals surface area contributed by atoms with Crippen molar-refractivity contribution in [1.29, 1.82) is 0 Å². The lowest BCUT2D eigenvalue weighted by atomic mass is 9.82. The second-order valence-corrected chi connectivity index (χ2v) is 2.03. The molecule has 2 heteroatoms. The molecule has 0 amide bonds. The minimum absolute atomic E-state index is 1.07. The van der Waals surface area contributed by atoms with E-state index >= 15 is 0 Å². The minimum atomic E-state index is 1.07. The average molecular weight is 160 g/mol. The van der Waals surface area contributed by atoms with Crippen LogP contribution in [0.1, 0.15) is 6.42 Å². The fourth-order valence-corrected chi connectivity index (χ4v) is 0.560. The van der Waals surface area contributed by atoms with Gasteiger partial charge in [0.25, 0.3) is 0 Å². The number of allylic oxidation sites excluding steroid dienone is 1. The topological polar surface area (TPSA) is 0 Å². The molecule has 0 aromatic carbocycles. The molecule has 1 radical (unpaired) electrons. The monoisotopic (exact) mass is 159 g/mol. The zero-order chi connectivity index (χ0) is 5.54. The molecule has 0 saturated heterocycles. The fourth-order valence-electron chi connectivity index (χ4n) is 0.295. The average Bonchev–Trinajstić information content (AvgIpc) is 1.69. The lowest BCUT2D eigenvalue weighted by Crippen LogP contribution is -1.71. The van der Waals surface area contributed by atoms with Crippen LogP contribution in [0.2, 0.25) is 6.82 Å². The van der Waals surface area contributed by atoms with Crippen molar-refractivity contribution in [2.45, 2.75) is 13.2 Å². The van der Waals surface area contributed by atoms with E-state index in [0.717, 1.165) is 11.8 Å². The van der Waals surface area contributed by atoms with Crippen molar-refractivity contribution in [3.8, 4) is 0 Å². The SMILES string of the molecule is C[B]/C=C/CCBr. The van der Waals surface area contributed by atoms with E-state index in [-0.39, 0.29) is 0 Å². The van der Waals surface area contributed by atoms with E-state index in [2.05, 4.69) is 28.0 Å². The summed E-state index contributed by atoms with van der Waals surface area (Å²) in [7, 11) is 2.03. The van der Waals surface area contributed by atoms with Crippen LogP contribution in [0, 0.1) is 0 Å². The van der Waals surface area contributed by atoms with Gasteiger partial charge < -0.3 is 0 Å². The highest BCUT2D eigenvalue weighted by molar-refractivity contribution is 9.09. The summed E-state index contributed by atoms with van der Waals surface area (Å²) in [5.74, 6) is 2.06. The summed E-state index contributed by atoms with van der Waals surface area (Å²) in [6.45, 7) is 2.02. The highest BCUT2D eigenvalue weighted by atomic mass is 79.9. The van der Waals surface area contributed by atoms with Crippen LogP contribution in [0.3, 0.4) is 0 Å². The van der Waals surface area contributed by atoms with Gasteiger partial charge in [-0.15, -0.1) is 5.98 Å². The molecule has 0 bridgehead atoms. The Balaban J connectivity index is 2.78. The predicted molar refractivity (Wildman–Crippen MR) is 39.2 cm³/mol.